The van der Waals surface area contributed by atoms with Gasteiger partial charge in [-0.25, -0.2) is 0 Å². The van der Waals surface area contributed by atoms with Crippen LogP contribution in [0.5, 0.6) is 0 Å². The molecule has 1 N–H and O–H groups in total. The SMILES string of the molecule is N#CC1(Nc2cccc(Br)c2)CC1. The highest BCUT2D eigenvalue weighted by molar-refractivity contribution is 9.10. The van der Waals surface area contributed by atoms with Crippen LogP contribution in [0.1, 0.15) is 12.8 Å². The van der Waals surface area contributed by atoms with Gasteiger partial charge in [-0.05, 0) is 31.0 Å². The van der Waals surface area contributed by atoms with Crippen LogP contribution in [0.25, 0.3) is 0 Å². The van der Waals surface area contributed by atoms with Gasteiger partial charge in [0.2, 0.25) is 0 Å². The Morgan fingerprint density at radius 1 is 1.46 bits per heavy atom. The predicted molar refractivity (Wildman–Crippen MR) is 55.3 cm³/mol. The second-order valence-corrected chi connectivity index (χ2v) is 4.24. The first-order valence-electron chi connectivity index (χ1n) is 4.19. The van der Waals surface area contributed by atoms with Crippen molar-refractivity contribution in [3.8, 4) is 6.07 Å². The molecule has 1 fully saturated rings. The highest BCUT2D eigenvalue weighted by atomic mass is 79.9. The Morgan fingerprint density at radius 3 is 2.77 bits per heavy atom. The fourth-order valence-corrected chi connectivity index (χ4v) is 1.63. The minimum Gasteiger partial charge on any atom is -0.367 e. The molecule has 0 radical (unpaired) electrons. The molecule has 0 heterocycles. The van der Waals surface area contributed by atoms with Crippen molar-refractivity contribution in [3.63, 3.8) is 0 Å². The Hall–Kier alpha value is -1.01. The molecule has 13 heavy (non-hydrogen) atoms. The largest absolute Gasteiger partial charge is 0.367 e. The van der Waals surface area contributed by atoms with Crippen LogP contribution >= 0.6 is 15.9 Å². The van der Waals surface area contributed by atoms with Crippen LogP contribution in [0, 0.1) is 11.3 Å². The summed E-state index contributed by atoms with van der Waals surface area (Å²) in [6.45, 7) is 0. The van der Waals surface area contributed by atoms with Crippen LogP contribution in [0.4, 0.5) is 5.69 Å². The average Bonchev–Trinajstić information content (AvgIpc) is 2.86. The molecule has 0 spiro atoms. The van der Waals surface area contributed by atoms with E-state index < -0.39 is 0 Å². The van der Waals surface area contributed by atoms with Crippen LogP contribution in [0.2, 0.25) is 0 Å². The van der Waals surface area contributed by atoms with E-state index in [1.807, 2.05) is 24.3 Å². The van der Waals surface area contributed by atoms with Gasteiger partial charge in [-0.3, -0.25) is 0 Å². The molecule has 1 aromatic rings. The number of benzene rings is 1. The lowest BCUT2D eigenvalue weighted by atomic mass is 10.2. The number of nitriles is 1. The van der Waals surface area contributed by atoms with Crippen LogP contribution < -0.4 is 5.32 Å². The van der Waals surface area contributed by atoms with Crippen molar-refractivity contribution in [1.29, 1.82) is 5.26 Å². The lowest BCUT2D eigenvalue weighted by molar-refractivity contribution is 0.946. The minimum atomic E-state index is -0.277. The second kappa shape index (κ2) is 3.04. The molecule has 1 aromatic carbocycles. The van der Waals surface area contributed by atoms with Crippen LogP contribution in [0.3, 0.4) is 0 Å². The molecule has 0 saturated heterocycles. The lowest BCUT2D eigenvalue weighted by Gasteiger charge is -2.10. The second-order valence-electron chi connectivity index (χ2n) is 3.33. The van der Waals surface area contributed by atoms with Gasteiger partial charge in [-0.15, -0.1) is 0 Å². The summed E-state index contributed by atoms with van der Waals surface area (Å²) in [5, 5.41) is 12.1. The van der Waals surface area contributed by atoms with E-state index in [4.69, 9.17) is 5.26 Å². The molecule has 0 aliphatic heterocycles. The molecule has 0 unspecified atom stereocenters. The number of halogens is 1. The van der Waals surface area contributed by atoms with E-state index in [0.717, 1.165) is 23.0 Å². The first-order valence-corrected chi connectivity index (χ1v) is 4.98. The van der Waals surface area contributed by atoms with Gasteiger partial charge in [-0.1, -0.05) is 22.0 Å². The van der Waals surface area contributed by atoms with Gasteiger partial charge in [0.15, 0.2) is 0 Å². The fraction of sp³-hybridized carbons (Fsp3) is 0.300. The van der Waals surface area contributed by atoms with Crippen molar-refractivity contribution < 1.29 is 0 Å². The Morgan fingerprint density at radius 2 is 2.23 bits per heavy atom. The summed E-state index contributed by atoms with van der Waals surface area (Å²) in [6.07, 6.45) is 1.91. The normalized spacial score (nSPS) is 17.5. The van der Waals surface area contributed by atoms with E-state index in [-0.39, 0.29) is 5.54 Å². The zero-order valence-corrected chi connectivity index (χ0v) is 8.63. The van der Waals surface area contributed by atoms with Gasteiger partial charge in [0.25, 0.3) is 0 Å². The van der Waals surface area contributed by atoms with Gasteiger partial charge in [0, 0.05) is 10.2 Å². The predicted octanol–water partition coefficient (Wildman–Crippen LogP) is 2.92. The molecule has 2 nitrogen and oxygen atoms in total. The van der Waals surface area contributed by atoms with Gasteiger partial charge in [-0.2, -0.15) is 5.26 Å². The standard InChI is InChI=1S/C10H9BrN2/c11-8-2-1-3-9(6-8)13-10(7-12)4-5-10/h1-3,6,13H,4-5H2. The van der Waals surface area contributed by atoms with E-state index in [1.54, 1.807) is 0 Å². The summed E-state index contributed by atoms with van der Waals surface area (Å²) >= 11 is 3.39. The molecule has 0 amide bonds. The van der Waals surface area contributed by atoms with Crippen molar-refractivity contribution in [2.75, 3.05) is 5.32 Å². The molecule has 1 aliphatic carbocycles. The Labute approximate surface area is 85.7 Å². The Balaban J connectivity index is 2.15. The number of nitrogens with zero attached hydrogens (tertiary/aromatic N) is 1. The smallest absolute Gasteiger partial charge is 0.125 e. The quantitative estimate of drug-likeness (QED) is 0.858. The molecule has 3 heteroatoms. The van der Waals surface area contributed by atoms with Crippen LogP contribution in [-0.4, -0.2) is 5.54 Å². The summed E-state index contributed by atoms with van der Waals surface area (Å²) in [7, 11) is 0. The van der Waals surface area contributed by atoms with Gasteiger partial charge in [0.1, 0.15) is 5.54 Å². The third-order valence-electron chi connectivity index (χ3n) is 2.17. The monoisotopic (exact) mass is 236 g/mol. The summed E-state index contributed by atoms with van der Waals surface area (Å²) in [4.78, 5) is 0. The van der Waals surface area contributed by atoms with E-state index in [9.17, 15) is 0 Å². The average molecular weight is 237 g/mol. The van der Waals surface area contributed by atoms with Gasteiger partial charge >= 0.3 is 0 Å². The summed E-state index contributed by atoms with van der Waals surface area (Å²) in [5.41, 5.74) is 0.731. The summed E-state index contributed by atoms with van der Waals surface area (Å²) in [6, 6.07) is 10.2. The van der Waals surface area contributed by atoms with Crippen molar-refractivity contribution in [1.82, 2.24) is 0 Å². The van der Waals surface area contributed by atoms with Crippen molar-refractivity contribution in [3.05, 3.63) is 28.7 Å². The molecule has 0 aromatic heterocycles. The number of anilines is 1. The van der Waals surface area contributed by atoms with Crippen LogP contribution in [-0.2, 0) is 0 Å². The number of nitrogens with one attached hydrogen (secondary N) is 1. The Bertz CT molecular complexity index is 363. The summed E-state index contributed by atoms with van der Waals surface area (Å²) < 4.78 is 1.03. The molecular formula is C10H9BrN2. The molecular weight excluding hydrogens is 228 g/mol. The number of rotatable bonds is 2. The van der Waals surface area contributed by atoms with E-state index in [1.165, 1.54) is 0 Å². The van der Waals surface area contributed by atoms with Gasteiger partial charge < -0.3 is 5.32 Å². The highest BCUT2D eigenvalue weighted by Gasteiger charge is 2.43. The third kappa shape index (κ3) is 1.84. The molecule has 66 valence electrons. The molecule has 1 saturated carbocycles. The van der Waals surface area contributed by atoms with E-state index >= 15 is 0 Å². The van der Waals surface area contributed by atoms with E-state index in [0.29, 0.717) is 0 Å². The van der Waals surface area contributed by atoms with Crippen molar-refractivity contribution in [2.45, 2.75) is 18.4 Å². The maximum absolute atomic E-state index is 8.86. The topological polar surface area (TPSA) is 35.8 Å². The zero-order chi connectivity index (χ0) is 9.31. The zero-order valence-electron chi connectivity index (χ0n) is 7.05. The van der Waals surface area contributed by atoms with E-state index in [2.05, 4.69) is 27.3 Å². The van der Waals surface area contributed by atoms with Gasteiger partial charge in [0.05, 0.1) is 6.07 Å². The fourth-order valence-electron chi connectivity index (χ4n) is 1.23. The third-order valence-corrected chi connectivity index (χ3v) is 2.67. The Kier molecular flexibility index (Phi) is 2.01. The van der Waals surface area contributed by atoms with Crippen molar-refractivity contribution in [2.24, 2.45) is 0 Å². The summed E-state index contributed by atoms with van der Waals surface area (Å²) in [5.74, 6) is 0. The first kappa shape index (κ1) is 8.58. The minimum absolute atomic E-state index is 0.277. The lowest BCUT2D eigenvalue weighted by Crippen LogP contribution is -2.17. The van der Waals surface area contributed by atoms with Crippen LogP contribution in [0.15, 0.2) is 28.7 Å². The molecule has 0 bridgehead atoms. The maximum Gasteiger partial charge on any atom is 0.125 e. The van der Waals surface area contributed by atoms with Crippen molar-refractivity contribution >= 4 is 21.6 Å². The number of hydrogen-bond acceptors (Lipinski definition) is 2. The molecule has 0 atom stereocenters. The number of hydrogen-bond donors (Lipinski definition) is 1. The maximum atomic E-state index is 8.86. The first-order chi connectivity index (χ1) is 6.24. The molecule has 1 aliphatic rings. The highest BCUT2D eigenvalue weighted by Crippen LogP contribution is 2.38. The molecule has 2 rings (SSSR count).